The number of rotatable bonds is 7. The highest BCUT2D eigenvalue weighted by Gasteiger charge is 2.14. The Bertz CT molecular complexity index is 489. The van der Waals surface area contributed by atoms with Crippen molar-refractivity contribution < 1.29 is 8.42 Å². The molecule has 102 valence electrons. The lowest BCUT2D eigenvalue weighted by atomic mass is 10.2. The molecule has 0 unspecified atom stereocenters. The quantitative estimate of drug-likeness (QED) is 0.757. The molecule has 0 spiro atoms. The van der Waals surface area contributed by atoms with Gasteiger partial charge in [0.15, 0.2) is 0 Å². The Labute approximate surface area is 114 Å². The van der Waals surface area contributed by atoms with Gasteiger partial charge in [0, 0.05) is 18.1 Å². The maximum Gasteiger partial charge on any atom is 0.240 e. The first kappa shape index (κ1) is 15.4. The molecule has 2 N–H and O–H groups in total. The third-order valence-electron chi connectivity index (χ3n) is 2.52. The first-order valence-corrected chi connectivity index (χ1v) is 7.80. The Hall–Kier alpha value is -0.620. The number of sulfonamides is 1. The van der Waals surface area contributed by atoms with Crippen LogP contribution in [0.2, 0.25) is 5.02 Å². The molecule has 0 aliphatic carbocycles. The summed E-state index contributed by atoms with van der Waals surface area (Å²) in [7, 11) is -1.63. The predicted octanol–water partition coefficient (Wildman–Crippen LogP) is 2.14. The van der Waals surface area contributed by atoms with Gasteiger partial charge in [0.2, 0.25) is 10.0 Å². The lowest BCUT2D eigenvalue weighted by Crippen LogP contribution is -2.24. The molecule has 6 heteroatoms. The van der Waals surface area contributed by atoms with Gasteiger partial charge in [0.1, 0.15) is 0 Å². The van der Waals surface area contributed by atoms with Crippen LogP contribution in [0.3, 0.4) is 0 Å². The van der Waals surface area contributed by atoms with Gasteiger partial charge in [0.05, 0.1) is 4.90 Å². The average Bonchev–Trinajstić information content (AvgIpc) is 2.32. The highest BCUT2D eigenvalue weighted by atomic mass is 35.5. The van der Waals surface area contributed by atoms with Gasteiger partial charge in [-0.15, -0.1) is 0 Å². The van der Waals surface area contributed by atoms with Crippen LogP contribution in [0.15, 0.2) is 23.1 Å². The Morgan fingerprint density at radius 3 is 2.61 bits per heavy atom. The van der Waals surface area contributed by atoms with Crippen LogP contribution >= 0.6 is 11.6 Å². The summed E-state index contributed by atoms with van der Waals surface area (Å²) >= 11 is 6.04. The minimum atomic E-state index is -3.44. The lowest BCUT2D eigenvalue weighted by Gasteiger charge is -2.09. The van der Waals surface area contributed by atoms with E-state index in [1.165, 1.54) is 6.07 Å². The third-order valence-corrected chi connectivity index (χ3v) is 4.34. The van der Waals surface area contributed by atoms with E-state index in [0.717, 1.165) is 18.4 Å². The number of halogens is 1. The van der Waals surface area contributed by atoms with Crippen LogP contribution < -0.4 is 10.0 Å². The summed E-state index contributed by atoms with van der Waals surface area (Å²) in [6, 6.07) is 4.79. The van der Waals surface area contributed by atoms with Gasteiger partial charge < -0.3 is 5.32 Å². The Balaban J connectivity index is 2.86. The SMILES string of the molecule is CCCCNS(=O)(=O)c1ccc(CNC)c(Cl)c1. The molecule has 0 bridgehead atoms. The van der Waals surface area contributed by atoms with E-state index in [1.807, 2.05) is 14.0 Å². The van der Waals surface area contributed by atoms with Crippen molar-refractivity contribution in [2.24, 2.45) is 0 Å². The zero-order chi connectivity index (χ0) is 13.6. The second kappa shape index (κ2) is 7.09. The van der Waals surface area contributed by atoms with Crippen molar-refractivity contribution in [2.75, 3.05) is 13.6 Å². The van der Waals surface area contributed by atoms with Crippen LogP contribution in [0, 0.1) is 0 Å². The van der Waals surface area contributed by atoms with E-state index >= 15 is 0 Å². The Kier molecular flexibility index (Phi) is 6.08. The topological polar surface area (TPSA) is 58.2 Å². The second-order valence-electron chi connectivity index (χ2n) is 4.03. The van der Waals surface area contributed by atoms with Crippen molar-refractivity contribution in [1.29, 1.82) is 0 Å². The van der Waals surface area contributed by atoms with Crippen molar-refractivity contribution >= 4 is 21.6 Å². The fraction of sp³-hybridized carbons (Fsp3) is 0.500. The Morgan fingerprint density at radius 1 is 1.33 bits per heavy atom. The van der Waals surface area contributed by atoms with Crippen molar-refractivity contribution in [3.05, 3.63) is 28.8 Å². The molecule has 18 heavy (non-hydrogen) atoms. The van der Waals surface area contributed by atoms with Crippen LogP contribution in [0.1, 0.15) is 25.3 Å². The molecular weight excluding hydrogens is 272 g/mol. The van der Waals surface area contributed by atoms with Crippen molar-refractivity contribution in [3.63, 3.8) is 0 Å². The normalized spacial score (nSPS) is 11.7. The molecular formula is C12H19ClN2O2S. The first-order valence-electron chi connectivity index (χ1n) is 5.94. The lowest BCUT2D eigenvalue weighted by molar-refractivity contribution is 0.578. The van der Waals surface area contributed by atoms with Gasteiger partial charge in [-0.2, -0.15) is 0 Å². The summed E-state index contributed by atoms with van der Waals surface area (Å²) < 4.78 is 26.4. The molecule has 0 fully saturated rings. The van der Waals surface area contributed by atoms with Crippen LogP contribution in [0.4, 0.5) is 0 Å². The molecule has 0 radical (unpaired) electrons. The van der Waals surface area contributed by atoms with Crippen LogP contribution in [0.25, 0.3) is 0 Å². The van der Waals surface area contributed by atoms with E-state index in [-0.39, 0.29) is 4.90 Å². The fourth-order valence-electron chi connectivity index (χ4n) is 1.50. The van der Waals surface area contributed by atoms with E-state index < -0.39 is 10.0 Å². The van der Waals surface area contributed by atoms with Gasteiger partial charge in [-0.05, 0) is 31.2 Å². The molecule has 0 heterocycles. The number of unbranched alkanes of at least 4 members (excludes halogenated alkanes) is 1. The standard InChI is InChI=1S/C12H19ClN2O2S/c1-3-4-7-15-18(16,17)11-6-5-10(9-14-2)12(13)8-11/h5-6,8,14-15H,3-4,7,9H2,1-2H3. The van der Waals surface area contributed by atoms with Crippen molar-refractivity contribution in [1.82, 2.24) is 10.0 Å². The molecule has 1 rings (SSSR count). The van der Waals surface area contributed by atoms with Crippen LogP contribution in [0.5, 0.6) is 0 Å². The number of hydrogen-bond donors (Lipinski definition) is 2. The average molecular weight is 291 g/mol. The number of nitrogens with one attached hydrogen (secondary N) is 2. The molecule has 0 aromatic heterocycles. The van der Waals surface area contributed by atoms with E-state index in [1.54, 1.807) is 12.1 Å². The highest BCUT2D eigenvalue weighted by Crippen LogP contribution is 2.20. The fourth-order valence-corrected chi connectivity index (χ4v) is 2.91. The first-order chi connectivity index (χ1) is 8.51. The zero-order valence-electron chi connectivity index (χ0n) is 10.7. The molecule has 1 aromatic carbocycles. The molecule has 0 atom stereocenters. The van der Waals surface area contributed by atoms with Gasteiger partial charge in [-0.1, -0.05) is 31.0 Å². The number of benzene rings is 1. The molecule has 4 nitrogen and oxygen atoms in total. The minimum absolute atomic E-state index is 0.212. The van der Waals surface area contributed by atoms with Crippen molar-refractivity contribution in [2.45, 2.75) is 31.2 Å². The maximum absolute atomic E-state index is 11.9. The molecule has 0 aliphatic heterocycles. The zero-order valence-corrected chi connectivity index (χ0v) is 12.2. The summed E-state index contributed by atoms with van der Waals surface area (Å²) in [5.41, 5.74) is 0.881. The van der Waals surface area contributed by atoms with Gasteiger partial charge in [0.25, 0.3) is 0 Å². The van der Waals surface area contributed by atoms with E-state index in [0.29, 0.717) is 18.1 Å². The summed E-state index contributed by atoms with van der Waals surface area (Å²) in [4.78, 5) is 0.212. The van der Waals surface area contributed by atoms with Gasteiger partial charge in [-0.3, -0.25) is 0 Å². The van der Waals surface area contributed by atoms with E-state index in [9.17, 15) is 8.42 Å². The monoisotopic (exact) mass is 290 g/mol. The summed E-state index contributed by atoms with van der Waals surface area (Å²) in [6.45, 7) is 3.08. The molecule has 0 amide bonds. The van der Waals surface area contributed by atoms with E-state index in [2.05, 4.69) is 10.0 Å². The maximum atomic E-state index is 11.9. The second-order valence-corrected chi connectivity index (χ2v) is 6.21. The molecule has 0 aliphatic rings. The minimum Gasteiger partial charge on any atom is -0.316 e. The smallest absolute Gasteiger partial charge is 0.240 e. The van der Waals surface area contributed by atoms with Gasteiger partial charge >= 0.3 is 0 Å². The predicted molar refractivity (Wildman–Crippen MR) is 74.3 cm³/mol. The Morgan fingerprint density at radius 2 is 2.06 bits per heavy atom. The van der Waals surface area contributed by atoms with E-state index in [4.69, 9.17) is 11.6 Å². The molecule has 0 saturated heterocycles. The number of hydrogen-bond acceptors (Lipinski definition) is 3. The van der Waals surface area contributed by atoms with Gasteiger partial charge in [-0.25, -0.2) is 13.1 Å². The summed E-state index contributed by atoms with van der Waals surface area (Å²) in [5.74, 6) is 0. The third kappa shape index (κ3) is 4.24. The summed E-state index contributed by atoms with van der Waals surface area (Å²) in [5, 5.41) is 3.44. The molecule has 1 aromatic rings. The highest BCUT2D eigenvalue weighted by molar-refractivity contribution is 7.89. The summed E-state index contributed by atoms with van der Waals surface area (Å²) in [6.07, 6.45) is 1.77. The van der Waals surface area contributed by atoms with Crippen molar-refractivity contribution in [3.8, 4) is 0 Å². The van der Waals surface area contributed by atoms with Crippen LogP contribution in [-0.4, -0.2) is 22.0 Å². The largest absolute Gasteiger partial charge is 0.316 e. The van der Waals surface area contributed by atoms with Crippen LogP contribution in [-0.2, 0) is 16.6 Å². The molecule has 0 saturated carbocycles.